The summed E-state index contributed by atoms with van der Waals surface area (Å²) < 4.78 is 5.47. The Morgan fingerprint density at radius 1 is 0.333 bits per heavy atom. The standard InChI is InChI=1S/C75H143NO5/c1-3-5-7-9-11-13-15-17-18-19-20-21-29-32-35-38-41-44-47-51-55-59-63-67-73(78)72(71-77)76-74(79)68-64-60-56-52-48-45-42-39-36-33-30-27-25-23-22-24-26-28-31-34-37-40-43-46-50-54-58-62-66-70-81-75(80)69-65-61-57-53-49-16-14-12-10-8-6-4-2/h12,14,22,24,63,67,72-73,77-78H,3-11,13,15-21,23,25-62,64-66,68-71H2,1-2H3,(H,76,79)/b14-12-,24-22-,67-63+. The molecule has 2 atom stereocenters. The van der Waals surface area contributed by atoms with E-state index in [1.54, 1.807) is 6.08 Å². The third-order valence-corrected chi connectivity index (χ3v) is 17.1. The van der Waals surface area contributed by atoms with E-state index >= 15 is 0 Å². The predicted octanol–water partition coefficient (Wildman–Crippen LogP) is 23.9. The number of hydrogen-bond acceptors (Lipinski definition) is 5. The molecule has 0 aromatic rings. The first-order chi connectivity index (χ1) is 40.0. The van der Waals surface area contributed by atoms with E-state index < -0.39 is 12.1 Å². The maximum Gasteiger partial charge on any atom is 0.305 e. The Labute approximate surface area is 506 Å². The Morgan fingerprint density at radius 2 is 0.580 bits per heavy atom. The van der Waals surface area contributed by atoms with Crippen LogP contribution in [0, 0.1) is 0 Å². The van der Waals surface area contributed by atoms with Gasteiger partial charge in [0.25, 0.3) is 0 Å². The minimum absolute atomic E-state index is 0.00648. The Hall–Kier alpha value is -1.92. The van der Waals surface area contributed by atoms with Crippen molar-refractivity contribution in [1.29, 1.82) is 0 Å². The highest BCUT2D eigenvalue weighted by atomic mass is 16.5. The summed E-state index contributed by atoms with van der Waals surface area (Å²) in [7, 11) is 0. The predicted molar refractivity (Wildman–Crippen MR) is 356 cm³/mol. The van der Waals surface area contributed by atoms with Gasteiger partial charge in [-0.3, -0.25) is 9.59 Å². The molecule has 0 aliphatic rings. The first kappa shape index (κ1) is 79.1. The lowest BCUT2D eigenvalue weighted by molar-refractivity contribution is -0.143. The van der Waals surface area contributed by atoms with Crippen molar-refractivity contribution in [2.45, 2.75) is 418 Å². The first-order valence-corrected chi connectivity index (χ1v) is 36.8. The monoisotopic (exact) mass is 1140 g/mol. The molecule has 0 rings (SSSR count). The van der Waals surface area contributed by atoms with Gasteiger partial charge in [0.2, 0.25) is 5.91 Å². The maximum absolute atomic E-state index is 12.5. The number of carbonyl (C=O) groups excluding carboxylic acids is 2. The summed E-state index contributed by atoms with van der Waals surface area (Å²) in [5.74, 6) is -0.0565. The minimum atomic E-state index is -0.845. The molecule has 0 spiro atoms. The smallest absolute Gasteiger partial charge is 0.305 e. The Bertz CT molecular complexity index is 1310. The van der Waals surface area contributed by atoms with E-state index in [4.69, 9.17) is 4.74 Å². The zero-order valence-corrected chi connectivity index (χ0v) is 54.8. The zero-order chi connectivity index (χ0) is 58.5. The molecule has 0 heterocycles. The summed E-state index contributed by atoms with van der Waals surface area (Å²) in [4.78, 5) is 24.6. The summed E-state index contributed by atoms with van der Waals surface area (Å²) >= 11 is 0. The quantitative estimate of drug-likeness (QED) is 0.0320. The van der Waals surface area contributed by atoms with Gasteiger partial charge in [-0.05, 0) is 83.5 Å². The normalized spacial score (nSPS) is 12.7. The number of aliphatic hydroxyl groups excluding tert-OH is 2. The number of amides is 1. The number of rotatable bonds is 69. The molecule has 0 fully saturated rings. The van der Waals surface area contributed by atoms with Crippen LogP contribution in [0.4, 0.5) is 0 Å². The molecule has 0 aliphatic heterocycles. The lowest BCUT2D eigenvalue weighted by atomic mass is 10.0. The van der Waals surface area contributed by atoms with E-state index in [0.717, 1.165) is 44.9 Å². The van der Waals surface area contributed by atoms with Gasteiger partial charge in [-0.15, -0.1) is 0 Å². The Balaban J connectivity index is 3.41. The molecule has 2 unspecified atom stereocenters. The fourth-order valence-corrected chi connectivity index (χ4v) is 11.5. The molecule has 0 bridgehead atoms. The third-order valence-electron chi connectivity index (χ3n) is 17.1. The molecular formula is C75H143NO5. The lowest BCUT2D eigenvalue weighted by Gasteiger charge is -2.20. The van der Waals surface area contributed by atoms with Gasteiger partial charge in [-0.25, -0.2) is 0 Å². The van der Waals surface area contributed by atoms with Gasteiger partial charge in [0.1, 0.15) is 0 Å². The lowest BCUT2D eigenvalue weighted by Crippen LogP contribution is -2.45. The van der Waals surface area contributed by atoms with Crippen molar-refractivity contribution in [3.63, 3.8) is 0 Å². The van der Waals surface area contributed by atoms with E-state index in [-0.39, 0.29) is 18.5 Å². The summed E-state index contributed by atoms with van der Waals surface area (Å²) in [6.07, 6.45) is 91.0. The average molecular weight is 1140 g/mol. The second-order valence-electron chi connectivity index (χ2n) is 25.3. The highest BCUT2D eigenvalue weighted by Gasteiger charge is 2.18. The van der Waals surface area contributed by atoms with Crippen LogP contribution >= 0.6 is 0 Å². The Morgan fingerprint density at radius 3 is 0.901 bits per heavy atom. The number of aliphatic hydroxyl groups is 2. The molecule has 0 aliphatic carbocycles. The molecular weight excluding hydrogens is 995 g/mol. The van der Waals surface area contributed by atoms with Crippen LogP contribution < -0.4 is 5.32 Å². The molecule has 81 heavy (non-hydrogen) atoms. The molecule has 0 aromatic carbocycles. The van der Waals surface area contributed by atoms with Crippen LogP contribution in [0.1, 0.15) is 406 Å². The third kappa shape index (κ3) is 67.1. The molecule has 1 amide bonds. The van der Waals surface area contributed by atoms with E-state index in [0.29, 0.717) is 19.4 Å². The highest BCUT2D eigenvalue weighted by Crippen LogP contribution is 2.19. The number of hydrogen-bond donors (Lipinski definition) is 3. The molecule has 6 nitrogen and oxygen atoms in total. The largest absolute Gasteiger partial charge is 0.466 e. The van der Waals surface area contributed by atoms with Crippen LogP contribution in [-0.4, -0.2) is 47.4 Å². The maximum atomic E-state index is 12.5. The number of nitrogens with one attached hydrogen (secondary N) is 1. The highest BCUT2D eigenvalue weighted by molar-refractivity contribution is 5.76. The molecule has 6 heteroatoms. The van der Waals surface area contributed by atoms with Crippen molar-refractivity contribution in [3.05, 3.63) is 36.5 Å². The fraction of sp³-hybridized carbons (Fsp3) is 0.893. The van der Waals surface area contributed by atoms with Gasteiger partial charge in [0.05, 0.1) is 25.4 Å². The van der Waals surface area contributed by atoms with Crippen molar-refractivity contribution in [2.24, 2.45) is 0 Å². The van der Waals surface area contributed by atoms with Crippen LogP contribution in [0.2, 0.25) is 0 Å². The summed E-state index contributed by atoms with van der Waals surface area (Å²) in [5, 5.41) is 23.3. The van der Waals surface area contributed by atoms with Gasteiger partial charge in [-0.1, -0.05) is 346 Å². The number of ether oxygens (including phenoxy) is 1. The molecule has 0 saturated carbocycles. The van der Waals surface area contributed by atoms with E-state index in [2.05, 4.69) is 43.5 Å². The molecule has 0 saturated heterocycles. The van der Waals surface area contributed by atoms with Gasteiger partial charge in [0, 0.05) is 12.8 Å². The second kappa shape index (κ2) is 70.6. The van der Waals surface area contributed by atoms with Crippen LogP contribution in [0.25, 0.3) is 0 Å². The van der Waals surface area contributed by atoms with Crippen LogP contribution in [0.3, 0.4) is 0 Å². The average Bonchev–Trinajstić information content (AvgIpc) is 3.47. The van der Waals surface area contributed by atoms with E-state index in [1.165, 1.54) is 334 Å². The summed E-state index contributed by atoms with van der Waals surface area (Å²) in [6.45, 7) is 4.92. The molecule has 0 radical (unpaired) electrons. The number of unbranched alkanes of at least 4 members (excludes halogenated alkanes) is 54. The fourth-order valence-electron chi connectivity index (χ4n) is 11.5. The topological polar surface area (TPSA) is 95.9 Å². The Kier molecular flexibility index (Phi) is 68.9. The van der Waals surface area contributed by atoms with Gasteiger partial charge in [0.15, 0.2) is 0 Å². The van der Waals surface area contributed by atoms with E-state index in [9.17, 15) is 19.8 Å². The number of esters is 1. The SMILES string of the molecule is CCCCC/C=C\CCCCCCCC(=O)OCCCCCCCCCCCCCC/C=C\CCCCCCCCCCCCCCCC(=O)NC(CO)C(O)/C=C/CCCCCCCCCCCCCCCCCCCCCCC. The summed E-state index contributed by atoms with van der Waals surface area (Å²) in [6, 6.07) is -0.629. The molecule has 478 valence electrons. The number of allylic oxidation sites excluding steroid dienone is 5. The van der Waals surface area contributed by atoms with Crippen molar-refractivity contribution in [1.82, 2.24) is 5.32 Å². The van der Waals surface area contributed by atoms with Crippen LogP contribution in [0.5, 0.6) is 0 Å². The van der Waals surface area contributed by atoms with Gasteiger partial charge in [-0.2, -0.15) is 0 Å². The van der Waals surface area contributed by atoms with Gasteiger partial charge >= 0.3 is 5.97 Å². The van der Waals surface area contributed by atoms with Crippen LogP contribution in [-0.2, 0) is 14.3 Å². The molecule has 3 N–H and O–H groups in total. The summed E-state index contributed by atoms with van der Waals surface area (Å²) in [5.41, 5.74) is 0. The van der Waals surface area contributed by atoms with Crippen molar-refractivity contribution in [2.75, 3.05) is 13.2 Å². The number of carbonyl (C=O) groups is 2. The first-order valence-electron chi connectivity index (χ1n) is 36.8. The van der Waals surface area contributed by atoms with E-state index in [1.807, 2.05) is 6.08 Å². The van der Waals surface area contributed by atoms with Crippen LogP contribution in [0.15, 0.2) is 36.5 Å². The zero-order valence-electron chi connectivity index (χ0n) is 54.8. The second-order valence-corrected chi connectivity index (χ2v) is 25.3. The van der Waals surface area contributed by atoms with Crippen molar-refractivity contribution < 1.29 is 24.5 Å². The van der Waals surface area contributed by atoms with Gasteiger partial charge < -0.3 is 20.3 Å². The van der Waals surface area contributed by atoms with Crippen molar-refractivity contribution in [3.8, 4) is 0 Å². The molecule has 0 aromatic heterocycles. The minimum Gasteiger partial charge on any atom is -0.466 e. The van der Waals surface area contributed by atoms with Crippen molar-refractivity contribution >= 4 is 11.9 Å².